The largest absolute Gasteiger partial charge is 0.348 e. The smallest absolute Gasteiger partial charge is 0.236 e. The van der Waals surface area contributed by atoms with Crippen LogP contribution in [0.4, 0.5) is 0 Å². The minimum absolute atomic E-state index is 0.0994. The van der Waals surface area contributed by atoms with Crippen LogP contribution in [0.5, 0.6) is 0 Å². The lowest BCUT2D eigenvalue weighted by atomic mass is 10.3. The molecule has 1 N–H and O–H groups in total. The zero-order valence-corrected chi connectivity index (χ0v) is 11.5. The van der Waals surface area contributed by atoms with E-state index in [9.17, 15) is 4.79 Å². The Labute approximate surface area is 103 Å². The molecule has 5 heteroatoms. The van der Waals surface area contributed by atoms with Crippen LogP contribution in [0.25, 0.3) is 0 Å². The highest BCUT2D eigenvalue weighted by Gasteiger charge is 2.05. The first-order valence-electron chi connectivity index (χ1n) is 4.66. The zero-order chi connectivity index (χ0) is 11.4. The fourth-order valence-corrected chi connectivity index (χ4v) is 2.66. The quantitative estimate of drug-likeness (QED) is 0.920. The van der Waals surface area contributed by atoms with E-state index in [1.807, 2.05) is 0 Å². The summed E-state index contributed by atoms with van der Waals surface area (Å²) >= 11 is 5.18. The van der Waals surface area contributed by atoms with Crippen LogP contribution in [0.1, 0.15) is 10.4 Å². The molecule has 0 fully saturated rings. The third-order valence-electron chi connectivity index (χ3n) is 1.98. The number of rotatable bonds is 4. The van der Waals surface area contributed by atoms with Crippen LogP contribution in [0.15, 0.2) is 9.85 Å². The van der Waals surface area contributed by atoms with Crippen molar-refractivity contribution < 1.29 is 4.79 Å². The van der Waals surface area contributed by atoms with Crippen molar-refractivity contribution in [3.05, 3.63) is 20.3 Å². The van der Waals surface area contributed by atoms with Crippen LogP contribution in [0, 0.1) is 6.92 Å². The number of likely N-dealkylation sites (N-methyl/N-ethyl adjacent to an activating group) is 1. The molecule has 0 bridgehead atoms. The van der Waals surface area contributed by atoms with Gasteiger partial charge in [-0.05, 0) is 34.5 Å². The first kappa shape index (κ1) is 12.7. The maximum absolute atomic E-state index is 11.3. The fraction of sp³-hybridized carbons (Fsp3) is 0.500. The van der Waals surface area contributed by atoms with Crippen LogP contribution >= 0.6 is 27.3 Å². The first-order chi connectivity index (χ1) is 7.00. The topological polar surface area (TPSA) is 32.3 Å². The molecule has 1 aromatic rings. The molecular weight excluding hydrogens is 276 g/mol. The Hall–Kier alpha value is -0.390. The van der Waals surface area contributed by atoms with Gasteiger partial charge in [-0.25, -0.2) is 0 Å². The predicted octanol–water partition coefficient (Wildman–Crippen LogP) is 2.00. The molecule has 1 amide bonds. The summed E-state index contributed by atoms with van der Waals surface area (Å²) in [6, 6.07) is 2.13. The third-order valence-corrected chi connectivity index (χ3v) is 4.12. The molecule has 0 saturated carbocycles. The van der Waals surface area contributed by atoms with Gasteiger partial charge in [0.05, 0.1) is 10.3 Å². The monoisotopic (exact) mass is 290 g/mol. The summed E-state index contributed by atoms with van der Waals surface area (Å²) in [6.45, 7) is 3.20. The summed E-state index contributed by atoms with van der Waals surface area (Å²) in [4.78, 5) is 14.1. The van der Waals surface area contributed by atoms with E-state index in [4.69, 9.17) is 0 Å². The maximum atomic E-state index is 11.3. The van der Waals surface area contributed by atoms with Crippen molar-refractivity contribution in [1.29, 1.82) is 0 Å². The number of nitrogens with zero attached hydrogens (tertiary/aromatic N) is 1. The SMILES string of the molecule is Cc1cc(CNCC(=O)N(C)C)sc1Br. The lowest BCUT2D eigenvalue weighted by Crippen LogP contribution is -2.32. The number of amides is 1. The Morgan fingerprint density at radius 3 is 2.73 bits per heavy atom. The van der Waals surface area contributed by atoms with Gasteiger partial charge in [0.25, 0.3) is 0 Å². The minimum atomic E-state index is 0.0994. The second-order valence-electron chi connectivity index (χ2n) is 3.56. The number of halogens is 1. The zero-order valence-electron chi connectivity index (χ0n) is 9.13. The fourth-order valence-electron chi connectivity index (χ4n) is 1.06. The summed E-state index contributed by atoms with van der Waals surface area (Å²) < 4.78 is 1.17. The average Bonchev–Trinajstić information content (AvgIpc) is 2.46. The van der Waals surface area contributed by atoms with Crippen LogP contribution in [0.2, 0.25) is 0 Å². The van der Waals surface area contributed by atoms with Gasteiger partial charge in [-0.3, -0.25) is 4.79 Å². The molecular formula is C10H15BrN2OS. The first-order valence-corrected chi connectivity index (χ1v) is 6.27. The highest BCUT2D eigenvalue weighted by Crippen LogP contribution is 2.26. The lowest BCUT2D eigenvalue weighted by molar-refractivity contribution is -0.127. The molecule has 0 atom stereocenters. The Balaban J connectivity index is 2.35. The summed E-state index contributed by atoms with van der Waals surface area (Å²) in [5, 5.41) is 3.12. The van der Waals surface area contributed by atoms with E-state index in [-0.39, 0.29) is 5.91 Å². The van der Waals surface area contributed by atoms with Gasteiger partial charge in [-0.15, -0.1) is 11.3 Å². The Morgan fingerprint density at radius 1 is 1.60 bits per heavy atom. The maximum Gasteiger partial charge on any atom is 0.236 e. The van der Waals surface area contributed by atoms with Crippen molar-refractivity contribution in [2.45, 2.75) is 13.5 Å². The van der Waals surface area contributed by atoms with Crippen LogP contribution < -0.4 is 5.32 Å². The van der Waals surface area contributed by atoms with Crippen LogP contribution in [-0.4, -0.2) is 31.4 Å². The van der Waals surface area contributed by atoms with Gasteiger partial charge in [-0.1, -0.05) is 0 Å². The van der Waals surface area contributed by atoms with Gasteiger partial charge in [-0.2, -0.15) is 0 Å². The number of aryl methyl sites for hydroxylation is 1. The number of thiophene rings is 1. The van der Waals surface area contributed by atoms with Crippen LogP contribution in [0.3, 0.4) is 0 Å². The van der Waals surface area contributed by atoms with E-state index in [2.05, 4.69) is 34.2 Å². The standard InChI is InChI=1S/C10H15BrN2OS/c1-7-4-8(15-10(7)11)5-12-6-9(14)13(2)3/h4,12H,5-6H2,1-3H3. The summed E-state index contributed by atoms with van der Waals surface area (Å²) in [6.07, 6.45) is 0. The lowest BCUT2D eigenvalue weighted by Gasteiger charge is -2.10. The number of carbonyl (C=O) groups excluding carboxylic acids is 1. The average molecular weight is 291 g/mol. The molecule has 3 nitrogen and oxygen atoms in total. The highest BCUT2D eigenvalue weighted by molar-refractivity contribution is 9.11. The van der Waals surface area contributed by atoms with E-state index in [0.717, 1.165) is 6.54 Å². The molecule has 1 aromatic heterocycles. The third kappa shape index (κ3) is 3.93. The van der Waals surface area contributed by atoms with Crippen molar-refractivity contribution in [1.82, 2.24) is 10.2 Å². The van der Waals surface area contributed by atoms with Gasteiger partial charge in [0.15, 0.2) is 0 Å². The van der Waals surface area contributed by atoms with Gasteiger partial charge < -0.3 is 10.2 Å². The summed E-state index contributed by atoms with van der Waals surface area (Å²) in [5.41, 5.74) is 1.25. The van der Waals surface area contributed by atoms with Crippen molar-refractivity contribution in [2.24, 2.45) is 0 Å². The molecule has 0 unspecified atom stereocenters. The molecule has 0 saturated heterocycles. The van der Waals surface area contributed by atoms with E-state index in [1.54, 1.807) is 30.3 Å². The molecule has 15 heavy (non-hydrogen) atoms. The summed E-state index contributed by atoms with van der Waals surface area (Å²) in [7, 11) is 3.52. The summed E-state index contributed by atoms with van der Waals surface area (Å²) in [5.74, 6) is 0.0994. The molecule has 1 rings (SSSR count). The highest BCUT2D eigenvalue weighted by atomic mass is 79.9. The van der Waals surface area contributed by atoms with Crippen molar-refractivity contribution >= 4 is 33.2 Å². The number of nitrogens with one attached hydrogen (secondary N) is 1. The molecule has 0 aliphatic rings. The predicted molar refractivity (Wildman–Crippen MR) is 67.2 cm³/mol. The molecule has 0 spiro atoms. The molecule has 0 aliphatic carbocycles. The van der Waals surface area contributed by atoms with Crippen molar-refractivity contribution in [2.75, 3.05) is 20.6 Å². The van der Waals surface area contributed by atoms with E-state index in [0.29, 0.717) is 6.54 Å². The van der Waals surface area contributed by atoms with E-state index < -0.39 is 0 Å². The van der Waals surface area contributed by atoms with Gasteiger partial charge in [0.2, 0.25) is 5.91 Å². The Kier molecular flexibility index (Phi) is 4.76. The van der Waals surface area contributed by atoms with Crippen LogP contribution in [-0.2, 0) is 11.3 Å². The van der Waals surface area contributed by atoms with E-state index >= 15 is 0 Å². The second-order valence-corrected chi connectivity index (χ2v) is 6.02. The number of carbonyl (C=O) groups is 1. The second kappa shape index (κ2) is 5.63. The molecule has 0 aliphatic heterocycles. The van der Waals surface area contributed by atoms with Crippen molar-refractivity contribution in [3.8, 4) is 0 Å². The van der Waals surface area contributed by atoms with Gasteiger partial charge in [0.1, 0.15) is 0 Å². The molecule has 0 aromatic carbocycles. The molecule has 84 valence electrons. The molecule has 0 radical (unpaired) electrons. The number of hydrogen-bond donors (Lipinski definition) is 1. The van der Waals surface area contributed by atoms with Gasteiger partial charge in [0, 0.05) is 25.5 Å². The minimum Gasteiger partial charge on any atom is -0.348 e. The van der Waals surface area contributed by atoms with Gasteiger partial charge >= 0.3 is 0 Å². The molecule has 1 heterocycles. The number of hydrogen-bond acceptors (Lipinski definition) is 3. The van der Waals surface area contributed by atoms with Crippen molar-refractivity contribution in [3.63, 3.8) is 0 Å². The van der Waals surface area contributed by atoms with E-state index in [1.165, 1.54) is 14.2 Å². The Bertz CT molecular complexity index is 330. The Morgan fingerprint density at radius 2 is 2.27 bits per heavy atom. The normalized spacial score (nSPS) is 10.4.